The van der Waals surface area contributed by atoms with Crippen LogP contribution in [0.1, 0.15) is 41.0 Å². The summed E-state index contributed by atoms with van der Waals surface area (Å²) in [6.45, 7) is 12.4. The van der Waals surface area contributed by atoms with Crippen molar-refractivity contribution in [1.29, 1.82) is 0 Å². The topological polar surface area (TPSA) is 91.8 Å². The molecule has 3 N–H and O–H groups in total. The van der Waals surface area contributed by atoms with Crippen molar-refractivity contribution in [3.05, 3.63) is 0 Å². The Balaban J connectivity index is 4.33. The summed E-state index contributed by atoms with van der Waals surface area (Å²) in [5, 5.41) is 6.38. The summed E-state index contributed by atoms with van der Waals surface area (Å²) in [5.41, 5.74) is 0.0218. The molecule has 7 nitrogen and oxygen atoms in total. The molecular formula is C15H34N4O3S. The molecule has 8 heteroatoms. The Hall–Kier alpha value is -0.860. The standard InChI is InChI=1S/C15H34N4O3S/c1-7-16-14(18-12-13(22-6)15(3,4)5)17-10-9-11-19-23(20,21)8-2/h13,19H,7-12H2,1-6H3,(H2,16,17,18). The number of hydrogen-bond donors (Lipinski definition) is 3. The van der Waals surface area contributed by atoms with E-state index in [1.165, 1.54) is 0 Å². The summed E-state index contributed by atoms with van der Waals surface area (Å²) in [4.78, 5) is 4.54. The second-order valence-corrected chi connectivity index (χ2v) is 8.48. The average Bonchev–Trinajstić information content (AvgIpc) is 2.45. The lowest BCUT2D eigenvalue weighted by molar-refractivity contribution is 0.0241. The largest absolute Gasteiger partial charge is 0.379 e. The zero-order valence-corrected chi connectivity index (χ0v) is 16.2. The highest BCUT2D eigenvalue weighted by molar-refractivity contribution is 7.89. The number of hydrogen-bond acceptors (Lipinski definition) is 4. The van der Waals surface area contributed by atoms with Gasteiger partial charge < -0.3 is 15.4 Å². The fourth-order valence-corrected chi connectivity index (χ4v) is 2.50. The molecule has 0 aliphatic rings. The minimum atomic E-state index is -3.11. The van der Waals surface area contributed by atoms with E-state index in [-0.39, 0.29) is 17.3 Å². The third kappa shape index (κ3) is 10.5. The molecule has 0 aliphatic carbocycles. The number of guanidine groups is 1. The molecule has 0 heterocycles. The van der Waals surface area contributed by atoms with Gasteiger partial charge in [0.1, 0.15) is 0 Å². The summed E-state index contributed by atoms with van der Waals surface area (Å²) < 4.78 is 30.7. The van der Waals surface area contributed by atoms with Gasteiger partial charge in [-0.15, -0.1) is 0 Å². The summed E-state index contributed by atoms with van der Waals surface area (Å²) in [7, 11) is -1.41. The molecule has 0 amide bonds. The molecule has 0 bridgehead atoms. The monoisotopic (exact) mass is 350 g/mol. The maximum Gasteiger partial charge on any atom is 0.211 e. The maximum atomic E-state index is 11.3. The molecule has 0 aromatic heterocycles. The van der Waals surface area contributed by atoms with Gasteiger partial charge in [-0.3, -0.25) is 4.99 Å². The predicted molar refractivity (Wildman–Crippen MR) is 96.3 cm³/mol. The Bertz CT molecular complexity index is 444. The predicted octanol–water partition coefficient (Wildman–Crippen LogP) is 0.932. The Kier molecular flexibility index (Phi) is 10.4. The second-order valence-electron chi connectivity index (χ2n) is 6.39. The molecule has 0 rings (SSSR count). The van der Waals surface area contributed by atoms with Crippen molar-refractivity contribution in [2.75, 3.05) is 39.0 Å². The number of rotatable bonds is 10. The van der Waals surface area contributed by atoms with Crippen molar-refractivity contribution in [2.45, 2.75) is 47.1 Å². The van der Waals surface area contributed by atoms with Gasteiger partial charge >= 0.3 is 0 Å². The van der Waals surface area contributed by atoms with Gasteiger partial charge in [0.15, 0.2) is 5.96 Å². The van der Waals surface area contributed by atoms with Gasteiger partial charge in [-0.25, -0.2) is 13.1 Å². The van der Waals surface area contributed by atoms with Crippen LogP contribution < -0.4 is 15.4 Å². The first kappa shape index (κ1) is 22.1. The Morgan fingerprint density at radius 3 is 2.30 bits per heavy atom. The quantitative estimate of drug-likeness (QED) is 0.310. The lowest BCUT2D eigenvalue weighted by Crippen LogP contribution is -2.40. The van der Waals surface area contributed by atoms with Gasteiger partial charge in [0, 0.05) is 26.7 Å². The van der Waals surface area contributed by atoms with E-state index in [2.05, 4.69) is 41.1 Å². The van der Waals surface area contributed by atoms with Crippen LogP contribution in [0.5, 0.6) is 0 Å². The van der Waals surface area contributed by atoms with E-state index in [0.717, 1.165) is 12.5 Å². The summed E-state index contributed by atoms with van der Waals surface area (Å²) in [5.74, 6) is 0.826. The smallest absolute Gasteiger partial charge is 0.211 e. The molecule has 0 aliphatic heterocycles. The number of nitrogens with zero attached hydrogens (tertiary/aromatic N) is 1. The van der Waals surface area contributed by atoms with E-state index >= 15 is 0 Å². The van der Waals surface area contributed by atoms with Crippen LogP contribution >= 0.6 is 0 Å². The van der Waals surface area contributed by atoms with Gasteiger partial charge in [0.2, 0.25) is 10.0 Å². The van der Waals surface area contributed by atoms with Gasteiger partial charge in [0.25, 0.3) is 0 Å². The Morgan fingerprint density at radius 1 is 1.17 bits per heavy atom. The van der Waals surface area contributed by atoms with Crippen LogP contribution in [-0.4, -0.2) is 59.5 Å². The molecular weight excluding hydrogens is 316 g/mol. The minimum absolute atomic E-state index is 0.0218. The van der Waals surface area contributed by atoms with Crippen LogP contribution in [0.2, 0.25) is 0 Å². The number of nitrogens with one attached hydrogen (secondary N) is 3. The van der Waals surface area contributed by atoms with Crippen molar-refractivity contribution >= 4 is 16.0 Å². The highest BCUT2D eigenvalue weighted by Crippen LogP contribution is 2.21. The van der Waals surface area contributed by atoms with Crippen LogP contribution in [0.3, 0.4) is 0 Å². The van der Waals surface area contributed by atoms with Crippen LogP contribution in [0.15, 0.2) is 4.99 Å². The van der Waals surface area contributed by atoms with Crippen molar-refractivity contribution in [3.8, 4) is 0 Å². The number of sulfonamides is 1. The summed E-state index contributed by atoms with van der Waals surface area (Å²) in [6, 6.07) is 0. The zero-order chi connectivity index (χ0) is 17.9. The van der Waals surface area contributed by atoms with Crippen LogP contribution in [0.25, 0.3) is 0 Å². The normalized spacial score (nSPS) is 14.6. The number of ether oxygens (including phenoxy) is 1. The molecule has 0 fully saturated rings. The molecule has 138 valence electrons. The van der Waals surface area contributed by atoms with Gasteiger partial charge in [-0.05, 0) is 25.7 Å². The highest BCUT2D eigenvalue weighted by atomic mass is 32.2. The lowest BCUT2D eigenvalue weighted by Gasteiger charge is -2.28. The molecule has 0 aromatic carbocycles. The molecule has 0 saturated heterocycles. The molecule has 0 radical (unpaired) electrons. The first-order valence-electron chi connectivity index (χ1n) is 8.18. The first-order chi connectivity index (χ1) is 10.7. The summed E-state index contributed by atoms with van der Waals surface area (Å²) >= 11 is 0. The molecule has 0 saturated carbocycles. The SMILES string of the molecule is CCNC(=NCC(OC)C(C)(C)C)NCCCNS(=O)(=O)CC. The van der Waals surface area contributed by atoms with E-state index in [1.54, 1.807) is 14.0 Å². The lowest BCUT2D eigenvalue weighted by atomic mass is 9.89. The highest BCUT2D eigenvalue weighted by Gasteiger charge is 2.24. The first-order valence-corrected chi connectivity index (χ1v) is 9.83. The third-order valence-corrected chi connectivity index (χ3v) is 4.76. The van der Waals surface area contributed by atoms with Crippen LogP contribution in [0, 0.1) is 5.41 Å². The Morgan fingerprint density at radius 2 is 1.83 bits per heavy atom. The second kappa shape index (κ2) is 10.8. The maximum absolute atomic E-state index is 11.3. The molecule has 1 atom stereocenters. The Labute approximate surface area is 141 Å². The molecule has 1 unspecified atom stereocenters. The van der Waals surface area contributed by atoms with Crippen molar-refractivity contribution in [2.24, 2.45) is 10.4 Å². The van der Waals surface area contributed by atoms with Crippen molar-refractivity contribution in [3.63, 3.8) is 0 Å². The third-order valence-electron chi connectivity index (χ3n) is 3.36. The van der Waals surface area contributed by atoms with Crippen LogP contribution in [-0.2, 0) is 14.8 Å². The number of methoxy groups -OCH3 is 1. The van der Waals surface area contributed by atoms with Crippen molar-refractivity contribution < 1.29 is 13.2 Å². The van der Waals surface area contributed by atoms with E-state index in [0.29, 0.717) is 26.1 Å². The fraction of sp³-hybridized carbons (Fsp3) is 0.933. The average molecular weight is 351 g/mol. The zero-order valence-electron chi connectivity index (χ0n) is 15.4. The molecule has 23 heavy (non-hydrogen) atoms. The van der Waals surface area contributed by atoms with Gasteiger partial charge in [0.05, 0.1) is 18.4 Å². The number of aliphatic imine (C=N–C) groups is 1. The minimum Gasteiger partial charge on any atom is -0.379 e. The van der Waals surface area contributed by atoms with E-state index in [1.807, 2.05) is 6.92 Å². The van der Waals surface area contributed by atoms with Gasteiger partial charge in [-0.2, -0.15) is 0 Å². The summed E-state index contributed by atoms with van der Waals surface area (Å²) in [6.07, 6.45) is 0.728. The van der Waals surface area contributed by atoms with E-state index in [4.69, 9.17) is 4.74 Å². The van der Waals surface area contributed by atoms with E-state index < -0.39 is 10.0 Å². The van der Waals surface area contributed by atoms with E-state index in [9.17, 15) is 8.42 Å². The van der Waals surface area contributed by atoms with Crippen molar-refractivity contribution in [1.82, 2.24) is 15.4 Å². The molecule has 0 spiro atoms. The fourth-order valence-electron chi connectivity index (χ4n) is 1.84. The van der Waals surface area contributed by atoms with Crippen LogP contribution in [0.4, 0.5) is 0 Å². The van der Waals surface area contributed by atoms with Gasteiger partial charge in [-0.1, -0.05) is 20.8 Å². The molecule has 0 aromatic rings.